The number of nitrogens with zero attached hydrogens (tertiary/aromatic N) is 1. The van der Waals surface area contributed by atoms with Crippen molar-refractivity contribution >= 4 is 28.7 Å². The Balaban J connectivity index is 1.84. The van der Waals surface area contributed by atoms with Crippen LogP contribution in [0.15, 0.2) is 34.7 Å². The van der Waals surface area contributed by atoms with Crippen LogP contribution in [0.4, 0.5) is 5.82 Å². The molecule has 21 heavy (non-hydrogen) atoms. The van der Waals surface area contributed by atoms with Gasteiger partial charge < -0.3 is 14.8 Å². The second-order valence-corrected chi connectivity index (χ2v) is 4.58. The number of carboxylic acids is 1. The van der Waals surface area contributed by atoms with Crippen molar-refractivity contribution in [1.82, 2.24) is 10.2 Å². The zero-order valence-corrected chi connectivity index (χ0v) is 11.0. The maximum atomic E-state index is 12.0. The molecule has 7 nitrogen and oxygen atoms in total. The van der Waals surface area contributed by atoms with Gasteiger partial charge >= 0.3 is 5.97 Å². The summed E-state index contributed by atoms with van der Waals surface area (Å²) in [6, 6.07) is 8.45. The summed E-state index contributed by atoms with van der Waals surface area (Å²) in [4.78, 5) is 22.8. The normalized spacial score (nSPS) is 10.7. The summed E-state index contributed by atoms with van der Waals surface area (Å²) in [5, 5.41) is 18.1. The van der Waals surface area contributed by atoms with Gasteiger partial charge in [-0.2, -0.15) is 5.10 Å². The van der Waals surface area contributed by atoms with Gasteiger partial charge in [-0.25, -0.2) is 4.79 Å². The van der Waals surface area contributed by atoms with Crippen LogP contribution in [0.5, 0.6) is 0 Å². The van der Waals surface area contributed by atoms with Crippen LogP contribution >= 0.6 is 0 Å². The van der Waals surface area contributed by atoms with Gasteiger partial charge in [0.2, 0.25) is 0 Å². The van der Waals surface area contributed by atoms with Gasteiger partial charge in [0.05, 0.1) is 0 Å². The summed E-state index contributed by atoms with van der Waals surface area (Å²) in [6.07, 6.45) is 0. The number of carboxylic acid groups (broad SMARTS) is 1. The number of benzene rings is 1. The molecule has 3 rings (SSSR count). The fourth-order valence-electron chi connectivity index (χ4n) is 1.95. The van der Waals surface area contributed by atoms with Gasteiger partial charge in [0.25, 0.3) is 5.91 Å². The predicted octanol–water partition coefficient (Wildman–Crippen LogP) is 2.41. The second-order valence-electron chi connectivity index (χ2n) is 4.58. The highest BCUT2D eigenvalue weighted by molar-refractivity contribution is 6.04. The Morgan fingerprint density at radius 3 is 2.81 bits per heavy atom. The summed E-state index contributed by atoms with van der Waals surface area (Å²) < 4.78 is 5.44. The summed E-state index contributed by atoms with van der Waals surface area (Å²) in [5.74, 6) is -1.39. The van der Waals surface area contributed by atoms with Crippen molar-refractivity contribution < 1.29 is 19.1 Å². The minimum atomic E-state index is -1.15. The van der Waals surface area contributed by atoms with Gasteiger partial charge in [-0.1, -0.05) is 11.6 Å². The maximum absolute atomic E-state index is 12.0. The number of amides is 1. The molecule has 3 aromatic rings. The first-order valence-corrected chi connectivity index (χ1v) is 6.13. The van der Waals surface area contributed by atoms with Crippen molar-refractivity contribution in [1.29, 1.82) is 0 Å². The molecule has 0 spiro atoms. The largest absolute Gasteiger partial charge is 0.477 e. The number of aromatic amines is 1. The van der Waals surface area contributed by atoms with Gasteiger partial charge in [0.15, 0.2) is 11.6 Å². The molecule has 0 aliphatic carbocycles. The maximum Gasteiger partial charge on any atom is 0.353 e. The van der Waals surface area contributed by atoms with Gasteiger partial charge in [-0.05, 0) is 25.1 Å². The highest BCUT2D eigenvalue weighted by Gasteiger charge is 2.15. The zero-order chi connectivity index (χ0) is 15.0. The van der Waals surface area contributed by atoms with Crippen molar-refractivity contribution in [3.63, 3.8) is 0 Å². The minimum Gasteiger partial charge on any atom is -0.477 e. The van der Waals surface area contributed by atoms with Gasteiger partial charge in [-0.15, -0.1) is 0 Å². The zero-order valence-electron chi connectivity index (χ0n) is 11.0. The Hall–Kier alpha value is -3.09. The molecule has 3 N–H and O–H groups in total. The number of hydrogen-bond donors (Lipinski definition) is 3. The van der Waals surface area contributed by atoms with Crippen molar-refractivity contribution in [3.8, 4) is 0 Å². The van der Waals surface area contributed by atoms with Crippen molar-refractivity contribution in [2.45, 2.75) is 6.92 Å². The van der Waals surface area contributed by atoms with E-state index in [2.05, 4.69) is 15.5 Å². The summed E-state index contributed by atoms with van der Waals surface area (Å²) >= 11 is 0. The molecule has 0 saturated carbocycles. The van der Waals surface area contributed by atoms with Crippen LogP contribution in [0.25, 0.3) is 11.0 Å². The van der Waals surface area contributed by atoms with Crippen molar-refractivity contribution in [2.24, 2.45) is 0 Å². The van der Waals surface area contributed by atoms with Crippen LogP contribution in [-0.4, -0.2) is 27.2 Å². The topological polar surface area (TPSA) is 108 Å². The highest BCUT2D eigenvalue weighted by atomic mass is 16.4. The molecule has 106 valence electrons. The number of H-pyrrole nitrogens is 1. The number of aromatic carboxylic acids is 1. The van der Waals surface area contributed by atoms with E-state index in [4.69, 9.17) is 9.52 Å². The molecule has 0 bridgehead atoms. The first-order chi connectivity index (χ1) is 10.0. The lowest BCUT2D eigenvalue weighted by molar-refractivity contribution is 0.0690. The van der Waals surface area contributed by atoms with Crippen molar-refractivity contribution in [2.75, 3.05) is 5.32 Å². The molecular formula is C14H11N3O4. The quantitative estimate of drug-likeness (QED) is 0.684. The second kappa shape index (κ2) is 4.78. The van der Waals surface area contributed by atoms with E-state index < -0.39 is 11.9 Å². The molecule has 1 amide bonds. The number of rotatable bonds is 3. The molecule has 0 unspecified atom stereocenters. The first kappa shape index (κ1) is 12.9. The van der Waals surface area contributed by atoms with Crippen LogP contribution in [0.2, 0.25) is 0 Å². The Bertz CT molecular complexity index is 847. The van der Waals surface area contributed by atoms with E-state index in [0.29, 0.717) is 5.58 Å². The molecule has 7 heteroatoms. The van der Waals surface area contributed by atoms with E-state index in [9.17, 15) is 9.59 Å². The van der Waals surface area contributed by atoms with Gasteiger partial charge in [0, 0.05) is 11.5 Å². The van der Waals surface area contributed by atoms with Crippen LogP contribution in [0, 0.1) is 6.92 Å². The Morgan fingerprint density at radius 2 is 2.10 bits per heavy atom. The van der Waals surface area contributed by atoms with Crippen LogP contribution in [0.3, 0.4) is 0 Å². The van der Waals surface area contributed by atoms with Crippen LogP contribution in [0.1, 0.15) is 26.6 Å². The number of hydrogen-bond acceptors (Lipinski definition) is 4. The van der Waals surface area contributed by atoms with E-state index in [0.717, 1.165) is 10.9 Å². The number of carbonyl (C=O) groups excluding carboxylic acids is 1. The molecule has 2 aromatic heterocycles. The smallest absolute Gasteiger partial charge is 0.353 e. The summed E-state index contributed by atoms with van der Waals surface area (Å²) in [6.45, 7) is 1.95. The average molecular weight is 285 g/mol. The van der Waals surface area contributed by atoms with E-state index in [1.165, 1.54) is 6.07 Å². The Labute approximate surface area is 118 Å². The van der Waals surface area contributed by atoms with E-state index in [-0.39, 0.29) is 17.3 Å². The van der Waals surface area contributed by atoms with E-state index in [1.807, 2.05) is 19.1 Å². The molecule has 0 aliphatic rings. The third kappa shape index (κ3) is 2.48. The number of aryl methyl sites for hydroxylation is 1. The Morgan fingerprint density at radius 1 is 1.29 bits per heavy atom. The molecule has 0 radical (unpaired) electrons. The molecule has 0 fully saturated rings. The molecule has 0 atom stereocenters. The number of nitrogens with one attached hydrogen (secondary N) is 2. The van der Waals surface area contributed by atoms with E-state index in [1.54, 1.807) is 12.1 Å². The summed E-state index contributed by atoms with van der Waals surface area (Å²) in [7, 11) is 0. The standard InChI is InChI=1S/C14H11N3O4/c1-7-2-3-10-8(4-7)5-11(21-10)13(18)15-12-6-9(14(19)20)16-17-12/h2-6H,1H3,(H,19,20)(H2,15,16,17,18). The highest BCUT2D eigenvalue weighted by Crippen LogP contribution is 2.21. The van der Waals surface area contributed by atoms with Gasteiger partial charge in [-0.3, -0.25) is 9.89 Å². The minimum absolute atomic E-state index is 0.106. The first-order valence-electron chi connectivity index (χ1n) is 6.13. The third-order valence-corrected chi connectivity index (χ3v) is 2.95. The van der Waals surface area contributed by atoms with Crippen molar-refractivity contribution in [3.05, 3.63) is 47.3 Å². The number of fused-ring (bicyclic) bond motifs is 1. The number of anilines is 1. The Kier molecular flexibility index (Phi) is 2.94. The summed E-state index contributed by atoms with van der Waals surface area (Å²) in [5.41, 5.74) is 1.57. The molecule has 0 aliphatic heterocycles. The fourth-order valence-corrected chi connectivity index (χ4v) is 1.95. The molecule has 2 heterocycles. The van der Waals surface area contributed by atoms with Crippen LogP contribution in [-0.2, 0) is 0 Å². The predicted molar refractivity (Wildman–Crippen MR) is 74.5 cm³/mol. The monoisotopic (exact) mass is 285 g/mol. The molecular weight excluding hydrogens is 274 g/mol. The SMILES string of the molecule is Cc1ccc2oc(C(=O)Nc3cc(C(=O)O)[nH]n3)cc2c1. The average Bonchev–Trinajstić information content (AvgIpc) is 3.04. The molecule has 0 saturated heterocycles. The van der Waals surface area contributed by atoms with E-state index >= 15 is 0 Å². The number of furan rings is 1. The fraction of sp³-hybridized carbons (Fsp3) is 0.0714. The lowest BCUT2D eigenvalue weighted by atomic mass is 10.2. The number of carbonyl (C=O) groups is 2. The number of aromatic nitrogens is 2. The molecule has 1 aromatic carbocycles. The third-order valence-electron chi connectivity index (χ3n) is 2.95. The lowest BCUT2D eigenvalue weighted by Crippen LogP contribution is -2.11. The lowest BCUT2D eigenvalue weighted by Gasteiger charge is -1.96. The van der Waals surface area contributed by atoms with Crippen LogP contribution < -0.4 is 5.32 Å². The van der Waals surface area contributed by atoms with Gasteiger partial charge in [0.1, 0.15) is 11.3 Å².